The standard InChI is InChI=1S/C13H16ClNO2/c1-17-13(16)12(11-3-2-8-15-11)9-4-6-10(14)7-5-9/h4-7,11-12,15H,2-3,8H2,1H3/p+1/t11-,12-/m1/s1. The van der Waals surface area contributed by atoms with E-state index in [9.17, 15) is 4.79 Å². The lowest BCUT2D eigenvalue weighted by atomic mass is 9.90. The fourth-order valence-corrected chi connectivity index (χ4v) is 2.59. The number of methoxy groups -OCH3 is 1. The summed E-state index contributed by atoms with van der Waals surface area (Å²) < 4.78 is 4.92. The van der Waals surface area contributed by atoms with Crippen molar-refractivity contribution in [2.24, 2.45) is 0 Å². The van der Waals surface area contributed by atoms with Gasteiger partial charge in [-0.1, -0.05) is 23.7 Å². The second-order valence-corrected chi connectivity index (χ2v) is 4.82. The minimum Gasteiger partial charge on any atom is -0.468 e. The highest BCUT2D eigenvalue weighted by Crippen LogP contribution is 2.25. The molecule has 2 rings (SSSR count). The average Bonchev–Trinajstić information content (AvgIpc) is 2.85. The summed E-state index contributed by atoms with van der Waals surface area (Å²) >= 11 is 5.87. The van der Waals surface area contributed by atoms with Crippen LogP contribution in [0.5, 0.6) is 0 Å². The summed E-state index contributed by atoms with van der Waals surface area (Å²) in [5, 5.41) is 2.92. The van der Waals surface area contributed by atoms with Crippen molar-refractivity contribution < 1.29 is 14.8 Å². The van der Waals surface area contributed by atoms with Crippen LogP contribution in [0, 0.1) is 0 Å². The Morgan fingerprint density at radius 1 is 1.47 bits per heavy atom. The van der Waals surface area contributed by atoms with Crippen LogP contribution in [0.1, 0.15) is 24.3 Å². The zero-order chi connectivity index (χ0) is 12.3. The number of carbonyl (C=O) groups excluding carboxylic acids is 1. The van der Waals surface area contributed by atoms with Crippen molar-refractivity contribution >= 4 is 17.6 Å². The molecule has 0 amide bonds. The first-order valence-corrected chi connectivity index (χ1v) is 6.27. The van der Waals surface area contributed by atoms with Crippen molar-refractivity contribution in [3.8, 4) is 0 Å². The molecule has 1 aliphatic rings. The summed E-state index contributed by atoms with van der Waals surface area (Å²) in [5.74, 6) is -0.338. The lowest BCUT2D eigenvalue weighted by molar-refractivity contribution is -0.671. The first-order chi connectivity index (χ1) is 8.22. The Balaban J connectivity index is 2.25. The van der Waals surface area contributed by atoms with Crippen molar-refractivity contribution in [1.29, 1.82) is 0 Å². The minimum absolute atomic E-state index is 0.157. The number of esters is 1. The zero-order valence-corrected chi connectivity index (χ0v) is 10.6. The maximum absolute atomic E-state index is 11.9. The van der Waals surface area contributed by atoms with Gasteiger partial charge in [0, 0.05) is 17.9 Å². The van der Waals surface area contributed by atoms with Crippen LogP contribution in [0.2, 0.25) is 5.02 Å². The van der Waals surface area contributed by atoms with Gasteiger partial charge in [0.05, 0.1) is 13.7 Å². The van der Waals surface area contributed by atoms with Crippen molar-refractivity contribution in [1.82, 2.24) is 0 Å². The molecular formula is C13H17ClNO2+. The number of quaternary nitrogens is 1. The molecule has 2 atom stereocenters. The number of hydrogen-bond donors (Lipinski definition) is 1. The largest absolute Gasteiger partial charge is 0.468 e. The zero-order valence-electron chi connectivity index (χ0n) is 9.86. The van der Waals surface area contributed by atoms with Crippen LogP contribution >= 0.6 is 11.6 Å². The van der Waals surface area contributed by atoms with Crippen LogP contribution in [-0.2, 0) is 9.53 Å². The normalized spacial score (nSPS) is 21.2. The third-order valence-electron chi connectivity index (χ3n) is 3.32. The van der Waals surface area contributed by atoms with Crippen LogP contribution < -0.4 is 5.32 Å². The van der Waals surface area contributed by atoms with E-state index < -0.39 is 0 Å². The van der Waals surface area contributed by atoms with E-state index in [0.717, 1.165) is 24.9 Å². The molecule has 1 aromatic carbocycles. The summed E-state index contributed by atoms with van der Waals surface area (Å²) in [7, 11) is 1.44. The number of nitrogens with two attached hydrogens (primary N) is 1. The van der Waals surface area contributed by atoms with E-state index in [2.05, 4.69) is 5.32 Å². The molecule has 1 heterocycles. The second kappa shape index (κ2) is 5.52. The molecule has 1 aromatic rings. The first kappa shape index (κ1) is 12.4. The van der Waals surface area contributed by atoms with E-state index >= 15 is 0 Å². The minimum atomic E-state index is -0.181. The van der Waals surface area contributed by atoms with Crippen molar-refractivity contribution in [3.05, 3.63) is 34.9 Å². The van der Waals surface area contributed by atoms with Gasteiger partial charge >= 0.3 is 5.97 Å². The lowest BCUT2D eigenvalue weighted by Crippen LogP contribution is -2.88. The number of rotatable bonds is 3. The molecule has 3 nitrogen and oxygen atoms in total. The lowest BCUT2D eigenvalue weighted by Gasteiger charge is -2.19. The Hall–Kier alpha value is -1.06. The molecule has 17 heavy (non-hydrogen) atoms. The maximum atomic E-state index is 11.9. The maximum Gasteiger partial charge on any atom is 0.319 e. The summed E-state index contributed by atoms with van der Waals surface area (Å²) in [6.45, 7) is 1.09. The van der Waals surface area contributed by atoms with Gasteiger partial charge in [-0.3, -0.25) is 4.79 Å². The molecule has 4 heteroatoms. The topological polar surface area (TPSA) is 42.9 Å². The quantitative estimate of drug-likeness (QED) is 0.827. The van der Waals surface area contributed by atoms with Crippen molar-refractivity contribution in [2.45, 2.75) is 24.8 Å². The Kier molecular flexibility index (Phi) is 4.02. The van der Waals surface area contributed by atoms with E-state index in [4.69, 9.17) is 16.3 Å². The Labute approximate surface area is 106 Å². The van der Waals surface area contributed by atoms with Crippen molar-refractivity contribution in [2.75, 3.05) is 13.7 Å². The SMILES string of the molecule is COC(=O)[C@H](c1ccc(Cl)cc1)[C@H]1CCC[NH2+]1. The molecule has 0 radical (unpaired) electrons. The van der Waals surface area contributed by atoms with Crippen LogP contribution in [0.4, 0.5) is 0 Å². The average molecular weight is 255 g/mol. The predicted octanol–water partition coefficient (Wildman–Crippen LogP) is 1.32. The fourth-order valence-electron chi connectivity index (χ4n) is 2.46. The van der Waals surface area contributed by atoms with E-state index in [1.165, 1.54) is 7.11 Å². The predicted molar refractivity (Wildman–Crippen MR) is 66.0 cm³/mol. The van der Waals surface area contributed by atoms with Crippen LogP contribution in [-0.4, -0.2) is 25.7 Å². The Morgan fingerprint density at radius 2 is 2.18 bits per heavy atom. The molecule has 0 aliphatic carbocycles. The molecular weight excluding hydrogens is 238 g/mol. The molecule has 92 valence electrons. The number of ether oxygens (including phenoxy) is 1. The van der Waals surface area contributed by atoms with Gasteiger partial charge < -0.3 is 10.1 Å². The summed E-state index contributed by atoms with van der Waals surface area (Å²) in [5.41, 5.74) is 0.990. The van der Waals surface area contributed by atoms with E-state index in [-0.39, 0.29) is 11.9 Å². The number of carbonyl (C=O) groups is 1. The molecule has 1 saturated heterocycles. The van der Waals surface area contributed by atoms with Crippen LogP contribution in [0.3, 0.4) is 0 Å². The van der Waals surface area contributed by atoms with E-state index in [1.807, 2.05) is 24.3 Å². The highest BCUT2D eigenvalue weighted by Gasteiger charge is 2.35. The monoisotopic (exact) mass is 254 g/mol. The number of halogens is 1. The number of benzene rings is 1. The Morgan fingerprint density at radius 3 is 2.71 bits per heavy atom. The third kappa shape index (κ3) is 2.79. The molecule has 1 aliphatic heterocycles. The van der Waals surface area contributed by atoms with Crippen LogP contribution in [0.15, 0.2) is 24.3 Å². The third-order valence-corrected chi connectivity index (χ3v) is 3.58. The van der Waals surface area contributed by atoms with Gasteiger partial charge in [-0.15, -0.1) is 0 Å². The number of hydrogen-bond acceptors (Lipinski definition) is 2. The van der Waals surface area contributed by atoms with Gasteiger partial charge in [0.15, 0.2) is 0 Å². The second-order valence-electron chi connectivity index (χ2n) is 4.38. The molecule has 0 bridgehead atoms. The van der Waals surface area contributed by atoms with Gasteiger partial charge in [-0.2, -0.15) is 0 Å². The highest BCUT2D eigenvalue weighted by atomic mass is 35.5. The van der Waals surface area contributed by atoms with Crippen LogP contribution in [0.25, 0.3) is 0 Å². The molecule has 0 saturated carbocycles. The Bertz CT molecular complexity index is 385. The summed E-state index contributed by atoms with van der Waals surface area (Å²) in [6.07, 6.45) is 2.22. The molecule has 2 N–H and O–H groups in total. The van der Waals surface area contributed by atoms with E-state index in [0.29, 0.717) is 11.1 Å². The van der Waals surface area contributed by atoms with Gasteiger partial charge in [0.2, 0.25) is 0 Å². The summed E-state index contributed by atoms with van der Waals surface area (Å²) in [4.78, 5) is 11.9. The van der Waals surface area contributed by atoms with Gasteiger partial charge in [-0.05, 0) is 17.7 Å². The molecule has 0 unspecified atom stereocenters. The van der Waals surface area contributed by atoms with Crippen molar-refractivity contribution in [3.63, 3.8) is 0 Å². The highest BCUT2D eigenvalue weighted by molar-refractivity contribution is 6.30. The molecule has 0 spiro atoms. The van der Waals surface area contributed by atoms with E-state index in [1.54, 1.807) is 0 Å². The van der Waals surface area contributed by atoms with Gasteiger partial charge in [-0.25, -0.2) is 0 Å². The molecule has 1 fully saturated rings. The van der Waals surface area contributed by atoms with Gasteiger partial charge in [0.1, 0.15) is 12.0 Å². The summed E-state index contributed by atoms with van der Waals surface area (Å²) in [6, 6.07) is 7.76. The fraction of sp³-hybridized carbons (Fsp3) is 0.462. The smallest absolute Gasteiger partial charge is 0.319 e. The molecule has 0 aromatic heterocycles. The van der Waals surface area contributed by atoms with Gasteiger partial charge in [0.25, 0.3) is 0 Å². The first-order valence-electron chi connectivity index (χ1n) is 5.89.